The van der Waals surface area contributed by atoms with E-state index >= 15 is 0 Å². The minimum absolute atomic E-state index is 0. The molecule has 0 aromatic heterocycles. The summed E-state index contributed by atoms with van der Waals surface area (Å²) in [6, 6.07) is 0.895. The summed E-state index contributed by atoms with van der Waals surface area (Å²) in [5, 5.41) is 0. The Hall–Kier alpha value is 0.837. The summed E-state index contributed by atoms with van der Waals surface area (Å²) in [4.78, 5) is 0. The van der Waals surface area contributed by atoms with E-state index in [2.05, 4.69) is 24.7 Å². The maximum atomic E-state index is 5.14. The molecule has 0 aliphatic carbocycles. The van der Waals surface area contributed by atoms with Crippen LogP contribution in [0.1, 0.15) is 13.8 Å². The Kier molecular flexibility index (Phi) is 9.77. The number of thiol groups is 2. The van der Waals surface area contributed by atoms with Crippen molar-refractivity contribution in [1.29, 1.82) is 0 Å². The third-order valence-electron chi connectivity index (χ3n) is 1.29. The zero-order valence-electron chi connectivity index (χ0n) is 6.33. The summed E-state index contributed by atoms with van der Waals surface area (Å²) in [5.74, 6) is 0.863. The van der Waals surface area contributed by atoms with Crippen LogP contribution in [-0.4, -0.2) is 27.7 Å². The van der Waals surface area contributed by atoms with Gasteiger partial charge in [-0.15, -0.1) is 12.1 Å². The van der Waals surface area contributed by atoms with Crippen LogP contribution in [0.4, 0.5) is 0 Å². The second-order valence-corrected chi connectivity index (χ2v) is 7.18. The highest BCUT2D eigenvalue weighted by atomic mass is 32.3. The molecular weight excluding hydrogens is 196 g/mol. The molecule has 5 heteroatoms. The van der Waals surface area contributed by atoms with Gasteiger partial charge < -0.3 is 8.85 Å². The lowest BCUT2D eigenvalue weighted by molar-refractivity contribution is 0.268. The predicted octanol–water partition coefficient (Wildman–Crippen LogP) is 2.10. The third kappa shape index (κ3) is 6.04. The summed E-state index contributed by atoms with van der Waals surface area (Å²) in [5.41, 5.74) is 0. The molecule has 0 saturated heterocycles. The molecule has 0 aliphatic heterocycles. The van der Waals surface area contributed by atoms with Gasteiger partial charge in [-0.3, -0.25) is 0 Å². The van der Waals surface area contributed by atoms with Gasteiger partial charge in [-0.2, -0.15) is 12.6 Å². The molecule has 0 aliphatic rings. The first-order chi connectivity index (χ1) is 4.68. The molecule has 70 valence electrons. The summed E-state index contributed by atoms with van der Waals surface area (Å²) in [6.45, 7) is 0. The van der Waals surface area contributed by atoms with Gasteiger partial charge in [0.05, 0.1) is 0 Å². The molecule has 0 rings (SSSR count). The quantitative estimate of drug-likeness (QED) is 0.539. The van der Waals surface area contributed by atoms with Crippen LogP contribution in [0.15, 0.2) is 0 Å². The molecule has 0 N–H and O–H groups in total. The van der Waals surface area contributed by atoms with E-state index in [-0.39, 0.29) is 7.43 Å². The van der Waals surface area contributed by atoms with Crippen LogP contribution < -0.4 is 0 Å². The molecule has 11 heavy (non-hydrogen) atoms. The molecule has 0 aromatic carbocycles. The fourth-order valence-corrected chi connectivity index (χ4v) is 2.72. The van der Waals surface area contributed by atoms with E-state index in [9.17, 15) is 0 Å². The lowest BCUT2D eigenvalue weighted by atomic mass is 10.6. The van der Waals surface area contributed by atoms with Gasteiger partial charge in [0, 0.05) is 20.3 Å². The molecule has 0 radical (unpaired) electrons. The number of hydrogen-bond donors (Lipinski definition) is 2. The van der Waals surface area contributed by atoms with E-state index in [0.29, 0.717) is 0 Å². The molecular formula is C6H18O2S2Si. The van der Waals surface area contributed by atoms with Crippen molar-refractivity contribution in [1.82, 2.24) is 0 Å². The van der Waals surface area contributed by atoms with E-state index in [1.807, 2.05) is 0 Å². The fourth-order valence-electron chi connectivity index (χ4n) is 0.590. The van der Waals surface area contributed by atoms with Crippen LogP contribution in [0.3, 0.4) is 0 Å². The van der Waals surface area contributed by atoms with E-state index in [4.69, 9.17) is 8.85 Å². The van der Waals surface area contributed by atoms with Crippen molar-refractivity contribution in [3.63, 3.8) is 0 Å². The second kappa shape index (κ2) is 7.48. The molecule has 0 spiro atoms. The third-order valence-corrected chi connectivity index (χ3v) is 5.63. The zero-order chi connectivity index (χ0) is 8.04. The first-order valence-electron chi connectivity index (χ1n) is 3.12. The van der Waals surface area contributed by atoms with E-state index in [1.165, 1.54) is 0 Å². The Balaban J connectivity index is 0. The molecule has 0 aromatic rings. The van der Waals surface area contributed by atoms with Crippen LogP contribution in [0.25, 0.3) is 0 Å². The van der Waals surface area contributed by atoms with Gasteiger partial charge in [0.15, 0.2) is 0 Å². The van der Waals surface area contributed by atoms with Gasteiger partial charge in [0.2, 0.25) is 0 Å². The Morgan fingerprint density at radius 3 is 2.00 bits per heavy atom. The van der Waals surface area contributed by atoms with Gasteiger partial charge >= 0.3 is 7.71 Å². The minimum Gasteiger partial charge on any atom is -0.390 e. The van der Waals surface area contributed by atoms with Gasteiger partial charge in [-0.1, -0.05) is 7.43 Å². The van der Waals surface area contributed by atoms with Crippen LogP contribution in [0.2, 0.25) is 6.04 Å². The minimum atomic E-state index is -2.07. The van der Waals surface area contributed by atoms with Crippen molar-refractivity contribution in [2.45, 2.75) is 19.9 Å². The van der Waals surface area contributed by atoms with Crippen LogP contribution in [-0.2, 0) is 8.85 Å². The normalized spacial score (nSPS) is 10.9. The molecule has 0 saturated carbocycles. The Morgan fingerprint density at radius 2 is 1.73 bits per heavy atom. The van der Waals surface area contributed by atoms with Crippen molar-refractivity contribution in [2.75, 3.05) is 20.0 Å². The maximum absolute atomic E-state index is 5.14. The van der Waals surface area contributed by atoms with Gasteiger partial charge in [0.25, 0.3) is 0 Å². The maximum Gasteiger partial charge on any atom is 0.402 e. The lowest BCUT2D eigenvalue weighted by Gasteiger charge is -2.20. The highest BCUT2D eigenvalue weighted by Gasteiger charge is 2.29. The predicted molar refractivity (Wildman–Crippen MR) is 58.8 cm³/mol. The average molecular weight is 214 g/mol. The molecule has 0 atom stereocenters. The highest BCUT2D eigenvalue weighted by molar-refractivity contribution is 8.12. The van der Waals surface area contributed by atoms with Gasteiger partial charge in [-0.05, 0) is 12.2 Å². The molecule has 0 heterocycles. The van der Waals surface area contributed by atoms with Crippen molar-refractivity contribution in [2.24, 2.45) is 0 Å². The van der Waals surface area contributed by atoms with Gasteiger partial charge in [0.1, 0.15) is 0 Å². The molecule has 0 bridgehead atoms. The summed E-state index contributed by atoms with van der Waals surface area (Å²) >= 11 is 8.40. The Labute approximate surface area is 81.4 Å². The van der Waals surface area contributed by atoms with Crippen molar-refractivity contribution < 1.29 is 8.85 Å². The SMILES string of the molecule is C.CO[Si](S)(CCCS)OC. The van der Waals surface area contributed by atoms with Gasteiger partial charge in [-0.25, -0.2) is 0 Å². The monoisotopic (exact) mass is 214 g/mol. The van der Waals surface area contributed by atoms with Crippen molar-refractivity contribution in [3.8, 4) is 0 Å². The van der Waals surface area contributed by atoms with Crippen LogP contribution in [0.5, 0.6) is 0 Å². The van der Waals surface area contributed by atoms with E-state index < -0.39 is 7.71 Å². The largest absolute Gasteiger partial charge is 0.402 e. The standard InChI is InChI=1S/C5H14O2S2Si.CH4/c1-6-10(9,7-2)5-3-4-8;/h8-9H,3-5H2,1-2H3;1H4. The Bertz CT molecular complexity index is 88.7. The Morgan fingerprint density at radius 1 is 1.27 bits per heavy atom. The highest BCUT2D eigenvalue weighted by Crippen LogP contribution is 2.17. The topological polar surface area (TPSA) is 18.5 Å². The summed E-state index contributed by atoms with van der Waals surface area (Å²) < 4.78 is 10.3. The molecule has 0 unspecified atom stereocenters. The van der Waals surface area contributed by atoms with Crippen molar-refractivity contribution >= 4 is 32.4 Å². The molecule has 0 amide bonds. The zero-order valence-corrected chi connectivity index (χ0v) is 9.12. The van der Waals surface area contributed by atoms with Crippen molar-refractivity contribution in [3.05, 3.63) is 0 Å². The summed E-state index contributed by atoms with van der Waals surface area (Å²) in [6.07, 6.45) is 1.00. The molecule has 0 fully saturated rings. The first kappa shape index (κ1) is 14.4. The smallest absolute Gasteiger partial charge is 0.390 e. The second-order valence-electron chi connectivity index (χ2n) is 1.95. The first-order valence-corrected chi connectivity index (χ1v) is 7.06. The van der Waals surface area contributed by atoms with E-state index in [1.54, 1.807) is 14.2 Å². The van der Waals surface area contributed by atoms with E-state index in [0.717, 1.165) is 18.2 Å². The fraction of sp³-hybridized carbons (Fsp3) is 1.00. The van der Waals surface area contributed by atoms with Crippen LogP contribution in [0, 0.1) is 0 Å². The summed E-state index contributed by atoms with van der Waals surface area (Å²) in [7, 11) is 1.21. The number of hydrogen-bond acceptors (Lipinski definition) is 4. The molecule has 2 nitrogen and oxygen atoms in total. The van der Waals surface area contributed by atoms with Crippen LogP contribution >= 0.6 is 24.7 Å². The average Bonchev–Trinajstić information content (AvgIpc) is 2.00. The number of rotatable bonds is 5. The lowest BCUT2D eigenvalue weighted by Crippen LogP contribution is -2.33.